The van der Waals surface area contributed by atoms with E-state index < -0.39 is 6.10 Å². The summed E-state index contributed by atoms with van der Waals surface area (Å²) < 4.78 is 5.96. The molecule has 82 valence electrons. The van der Waals surface area contributed by atoms with Gasteiger partial charge in [0.1, 0.15) is 5.75 Å². The van der Waals surface area contributed by atoms with Crippen LogP contribution in [0.3, 0.4) is 0 Å². The molecule has 1 aromatic rings. The number of hydrogen-bond acceptors (Lipinski definition) is 2. The fourth-order valence-electron chi connectivity index (χ4n) is 1.34. The molecule has 0 heterocycles. The maximum absolute atomic E-state index is 9.86. The van der Waals surface area contributed by atoms with E-state index in [1.165, 1.54) is 0 Å². The Hall–Kier alpha value is -0.800. The van der Waals surface area contributed by atoms with Crippen molar-refractivity contribution in [2.45, 2.75) is 19.4 Å². The van der Waals surface area contributed by atoms with Crippen LogP contribution in [0.4, 0.5) is 0 Å². The molecule has 0 bridgehead atoms. The molecule has 0 radical (unpaired) electrons. The van der Waals surface area contributed by atoms with E-state index in [0.717, 1.165) is 21.4 Å². The number of rotatable bonds is 4. The predicted molar refractivity (Wildman–Crippen MR) is 65.1 cm³/mol. The summed E-state index contributed by atoms with van der Waals surface area (Å²) >= 11 is 3.38. The quantitative estimate of drug-likeness (QED) is 0.850. The van der Waals surface area contributed by atoms with Gasteiger partial charge in [0.25, 0.3) is 0 Å². The SMILES string of the molecule is C=C(C)CC(O)c1ccc(OC)c(Br)c1. The second-order valence-corrected chi connectivity index (χ2v) is 4.43. The van der Waals surface area contributed by atoms with Crippen molar-refractivity contribution in [3.8, 4) is 5.75 Å². The first kappa shape index (κ1) is 12.3. The van der Waals surface area contributed by atoms with Crippen LogP contribution < -0.4 is 4.74 Å². The van der Waals surface area contributed by atoms with Crippen molar-refractivity contribution >= 4 is 15.9 Å². The lowest BCUT2D eigenvalue weighted by molar-refractivity contribution is 0.178. The largest absolute Gasteiger partial charge is 0.496 e. The molecule has 0 aromatic heterocycles. The molecule has 3 heteroatoms. The first-order valence-corrected chi connectivity index (χ1v) is 5.49. The summed E-state index contributed by atoms with van der Waals surface area (Å²) in [7, 11) is 1.62. The minimum absolute atomic E-state index is 0.496. The summed E-state index contributed by atoms with van der Waals surface area (Å²) in [4.78, 5) is 0. The van der Waals surface area contributed by atoms with Crippen molar-refractivity contribution in [3.05, 3.63) is 40.4 Å². The lowest BCUT2D eigenvalue weighted by Crippen LogP contribution is -1.98. The van der Waals surface area contributed by atoms with Crippen LogP contribution in [0.25, 0.3) is 0 Å². The Morgan fingerprint density at radius 2 is 2.27 bits per heavy atom. The van der Waals surface area contributed by atoms with Crippen molar-refractivity contribution in [2.75, 3.05) is 7.11 Å². The van der Waals surface area contributed by atoms with Crippen LogP contribution in [0.5, 0.6) is 5.75 Å². The van der Waals surface area contributed by atoms with Crippen molar-refractivity contribution < 1.29 is 9.84 Å². The lowest BCUT2D eigenvalue weighted by atomic mass is 10.0. The van der Waals surface area contributed by atoms with Crippen LogP contribution in [-0.4, -0.2) is 12.2 Å². The fraction of sp³-hybridized carbons (Fsp3) is 0.333. The molecule has 1 N–H and O–H groups in total. The van der Waals surface area contributed by atoms with Crippen LogP contribution in [0.1, 0.15) is 25.0 Å². The highest BCUT2D eigenvalue weighted by molar-refractivity contribution is 9.10. The molecule has 2 nitrogen and oxygen atoms in total. The highest BCUT2D eigenvalue weighted by Crippen LogP contribution is 2.29. The van der Waals surface area contributed by atoms with Crippen molar-refractivity contribution in [1.29, 1.82) is 0 Å². The normalized spacial score (nSPS) is 12.3. The zero-order valence-corrected chi connectivity index (χ0v) is 10.5. The van der Waals surface area contributed by atoms with Gasteiger partial charge >= 0.3 is 0 Å². The molecular weight excluding hydrogens is 256 g/mol. The Morgan fingerprint density at radius 1 is 1.60 bits per heavy atom. The maximum Gasteiger partial charge on any atom is 0.133 e. The Balaban J connectivity index is 2.87. The third kappa shape index (κ3) is 3.36. The van der Waals surface area contributed by atoms with E-state index in [9.17, 15) is 5.11 Å². The van der Waals surface area contributed by atoms with Gasteiger partial charge in [0, 0.05) is 0 Å². The van der Waals surface area contributed by atoms with Crippen molar-refractivity contribution in [2.24, 2.45) is 0 Å². The van der Waals surface area contributed by atoms with Gasteiger partial charge in [-0.15, -0.1) is 6.58 Å². The average molecular weight is 271 g/mol. The highest BCUT2D eigenvalue weighted by Gasteiger charge is 2.09. The number of methoxy groups -OCH3 is 1. The van der Waals surface area contributed by atoms with Gasteiger partial charge in [-0.05, 0) is 47.0 Å². The maximum atomic E-state index is 9.86. The van der Waals surface area contributed by atoms with Gasteiger partial charge in [0.15, 0.2) is 0 Å². The molecule has 0 saturated heterocycles. The van der Waals surface area contributed by atoms with Gasteiger partial charge in [0.2, 0.25) is 0 Å². The van der Waals surface area contributed by atoms with Gasteiger partial charge in [-0.2, -0.15) is 0 Å². The molecule has 0 aliphatic heterocycles. The van der Waals surface area contributed by atoms with E-state index in [0.29, 0.717) is 6.42 Å². The third-order valence-electron chi connectivity index (χ3n) is 2.10. The van der Waals surface area contributed by atoms with E-state index in [4.69, 9.17) is 4.74 Å². The lowest BCUT2D eigenvalue weighted by Gasteiger charge is -2.12. The zero-order chi connectivity index (χ0) is 11.4. The van der Waals surface area contributed by atoms with Crippen LogP contribution >= 0.6 is 15.9 Å². The second-order valence-electron chi connectivity index (χ2n) is 3.57. The summed E-state index contributed by atoms with van der Waals surface area (Å²) in [5, 5.41) is 9.86. The van der Waals surface area contributed by atoms with Crippen molar-refractivity contribution in [3.63, 3.8) is 0 Å². The zero-order valence-electron chi connectivity index (χ0n) is 8.96. The van der Waals surface area contributed by atoms with E-state index in [1.54, 1.807) is 7.11 Å². The number of benzene rings is 1. The standard InChI is InChI=1S/C12H15BrO2/c1-8(2)6-11(14)9-4-5-12(15-3)10(13)7-9/h4-5,7,11,14H,1,6H2,2-3H3. The summed E-state index contributed by atoms with van der Waals surface area (Å²) in [5.41, 5.74) is 1.83. The second kappa shape index (κ2) is 5.33. The minimum atomic E-state index is -0.496. The summed E-state index contributed by atoms with van der Waals surface area (Å²) in [6.45, 7) is 5.68. The van der Waals surface area contributed by atoms with Crippen LogP contribution in [0.2, 0.25) is 0 Å². The van der Waals surface area contributed by atoms with E-state index in [1.807, 2.05) is 25.1 Å². The molecule has 0 aliphatic carbocycles. The van der Waals surface area contributed by atoms with E-state index in [-0.39, 0.29) is 0 Å². The van der Waals surface area contributed by atoms with Crippen LogP contribution in [0, 0.1) is 0 Å². The number of hydrogen-bond donors (Lipinski definition) is 1. The van der Waals surface area contributed by atoms with Gasteiger partial charge in [-0.3, -0.25) is 0 Å². The molecular formula is C12H15BrO2. The molecule has 0 spiro atoms. The summed E-state index contributed by atoms with van der Waals surface area (Å²) in [5.74, 6) is 0.765. The Bertz CT molecular complexity index is 361. The predicted octanol–water partition coefficient (Wildman–Crippen LogP) is 3.46. The third-order valence-corrected chi connectivity index (χ3v) is 2.72. The smallest absolute Gasteiger partial charge is 0.133 e. The number of ether oxygens (including phenoxy) is 1. The first-order chi connectivity index (χ1) is 7.04. The number of aliphatic hydroxyl groups is 1. The van der Waals surface area contributed by atoms with Gasteiger partial charge in [-0.1, -0.05) is 11.6 Å². The molecule has 0 fully saturated rings. The van der Waals surface area contributed by atoms with Gasteiger partial charge < -0.3 is 9.84 Å². The highest BCUT2D eigenvalue weighted by atomic mass is 79.9. The number of aliphatic hydroxyl groups excluding tert-OH is 1. The molecule has 1 atom stereocenters. The molecule has 1 rings (SSSR count). The average Bonchev–Trinajstić information content (AvgIpc) is 2.16. The molecule has 0 saturated carbocycles. The van der Waals surface area contributed by atoms with Crippen LogP contribution in [-0.2, 0) is 0 Å². The summed E-state index contributed by atoms with van der Waals surface area (Å²) in [6.07, 6.45) is 0.0865. The molecule has 1 unspecified atom stereocenters. The molecule has 0 aliphatic rings. The molecule has 1 aromatic carbocycles. The van der Waals surface area contributed by atoms with Crippen molar-refractivity contribution in [1.82, 2.24) is 0 Å². The van der Waals surface area contributed by atoms with Gasteiger partial charge in [-0.25, -0.2) is 0 Å². The molecule has 15 heavy (non-hydrogen) atoms. The molecule has 0 amide bonds. The Labute approximate surface area is 98.7 Å². The monoisotopic (exact) mass is 270 g/mol. The minimum Gasteiger partial charge on any atom is -0.496 e. The van der Waals surface area contributed by atoms with Crippen LogP contribution in [0.15, 0.2) is 34.8 Å². The summed E-state index contributed by atoms with van der Waals surface area (Å²) in [6, 6.07) is 5.56. The Kier molecular flexibility index (Phi) is 4.36. The topological polar surface area (TPSA) is 29.5 Å². The number of halogens is 1. The fourth-order valence-corrected chi connectivity index (χ4v) is 1.90. The Morgan fingerprint density at radius 3 is 2.73 bits per heavy atom. The van der Waals surface area contributed by atoms with Gasteiger partial charge in [0.05, 0.1) is 17.7 Å². The van der Waals surface area contributed by atoms with E-state index in [2.05, 4.69) is 22.5 Å². The first-order valence-electron chi connectivity index (χ1n) is 4.70. The van der Waals surface area contributed by atoms with E-state index >= 15 is 0 Å².